The molecule has 8 heteroatoms. The molecule has 0 atom stereocenters. The number of furan rings is 1. The molecule has 174 valence electrons. The zero-order chi connectivity index (χ0) is 23.7. The summed E-state index contributed by atoms with van der Waals surface area (Å²) in [6, 6.07) is 9.33. The van der Waals surface area contributed by atoms with Crippen LogP contribution in [0.1, 0.15) is 51.7 Å². The molecule has 4 rings (SSSR count). The number of likely N-dealkylation sites (tertiary alicyclic amines) is 1. The molecule has 0 aliphatic carbocycles. The minimum atomic E-state index is -0.206. The molecule has 1 N–H and O–H groups in total. The van der Waals surface area contributed by atoms with Crippen LogP contribution in [0.5, 0.6) is 0 Å². The smallest absolute Gasteiger partial charge is 0.287 e. The van der Waals surface area contributed by atoms with E-state index in [1.807, 2.05) is 55.5 Å². The number of aryl methyl sites for hydroxylation is 3. The van der Waals surface area contributed by atoms with Gasteiger partial charge in [-0.25, -0.2) is 4.68 Å². The molecule has 1 aliphatic rings. The van der Waals surface area contributed by atoms with E-state index in [1.165, 1.54) is 0 Å². The molecule has 0 saturated carbocycles. The summed E-state index contributed by atoms with van der Waals surface area (Å²) in [5.74, 6) is 0.903. The predicted molar refractivity (Wildman–Crippen MR) is 127 cm³/mol. The SMILES string of the molecule is Cc1ccc(C(=O)NC2CCN(C(=O)Cc3c(C)nn(-c4ccc(C)c(Cl)c4)c3C)CC2)o1. The van der Waals surface area contributed by atoms with Crippen LogP contribution in [0.2, 0.25) is 5.02 Å². The monoisotopic (exact) mass is 468 g/mol. The number of amides is 2. The van der Waals surface area contributed by atoms with Crippen LogP contribution in [0.4, 0.5) is 0 Å². The molecule has 2 amide bonds. The van der Waals surface area contributed by atoms with E-state index in [0.717, 1.165) is 41.0 Å². The fourth-order valence-electron chi connectivity index (χ4n) is 4.25. The number of aromatic nitrogens is 2. The van der Waals surface area contributed by atoms with E-state index < -0.39 is 0 Å². The summed E-state index contributed by atoms with van der Waals surface area (Å²) in [5, 5.41) is 8.36. The highest BCUT2D eigenvalue weighted by molar-refractivity contribution is 6.31. The molecule has 1 aromatic carbocycles. The Bertz CT molecular complexity index is 1190. The summed E-state index contributed by atoms with van der Waals surface area (Å²) >= 11 is 6.29. The van der Waals surface area contributed by atoms with Gasteiger partial charge >= 0.3 is 0 Å². The van der Waals surface area contributed by atoms with Crippen molar-refractivity contribution in [2.75, 3.05) is 13.1 Å². The van der Waals surface area contributed by atoms with Crippen molar-refractivity contribution < 1.29 is 14.0 Å². The molecule has 0 radical (unpaired) electrons. The lowest BCUT2D eigenvalue weighted by atomic mass is 10.0. The van der Waals surface area contributed by atoms with Crippen LogP contribution in [0.15, 0.2) is 34.7 Å². The fourth-order valence-corrected chi connectivity index (χ4v) is 4.42. The number of carbonyl (C=O) groups is 2. The molecule has 2 aromatic heterocycles. The van der Waals surface area contributed by atoms with E-state index in [-0.39, 0.29) is 17.9 Å². The number of benzene rings is 1. The average molecular weight is 469 g/mol. The number of halogens is 1. The van der Waals surface area contributed by atoms with Gasteiger partial charge < -0.3 is 14.6 Å². The predicted octanol–water partition coefficient (Wildman–Crippen LogP) is 4.32. The van der Waals surface area contributed by atoms with Crippen LogP contribution in [-0.2, 0) is 11.2 Å². The Kier molecular flexibility index (Phi) is 6.61. The third-order valence-electron chi connectivity index (χ3n) is 6.32. The van der Waals surface area contributed by atoms with Crippen molar-refractivity contribution in [2.24, 2.45) is 0 Å². The lowest BCUT2D eigenvalue weighted by molar-refractivity contribution is -0.131. The van der Waals surface area contributed by atoms with Gasteiger partial charge in [0.25, 0.3) is 5.91 Å². The molecule has 0 bridgehead atoms. The van der Waals surface area contributed by atoms with Crippen molar-refractivity contribution >= 4 is 23.4 Å². The highest BCUT2D eigenvalue weighted by Gasteiger charge is 2.26. The Hall–Kier alpha value is -3.06. The third-order valence-corrected chi connectivity index (χ3v) is 6.72. The van der Waals surface area contributed by atoms with Crippen LogP contribution in [0.25, 0.3) is 5.69 Å². The van der Waals surface area contributed by atoms with Gasteiger partial charge in [-0.15, -0.1) is 0 Å². The maximum absolute atomic E-state index is 13.0. The second kappa shape index (κ2) is 9.43. The number of nitrogens with one attached hydrogen (secondary N) is 1. The van der Waals surface area contributed by atoms with Gasteiger partial charge in [0.05, 0.1) is 17.8 Å². The molecule has 1 fully saturated rings. The van der Waals surface area contributed by atoms with Crippen LogP contribution < -0.4 is 5.32 Å². The second-order valence-electron chi connectivity index (χ2n) is 8.71. The normalized spacial score (nSPS) is 14.5. The summed E-state index contributed by atoms with van der Waals surface area (Å²) < 4.78 is 7.24. The summed E-state index contributed by atoms with van der Waals surface area (Å²) in [5.41, 5.74) is 4.62. The molecule has 1 saturated heterocycles. The maximum Gasteiger partial charge on any atom is 0.287 e. The first-order valence-corrected chi connectivity index (χ1v) is 11.6. The van der Waals surface area contributed by atoms with Crippen molar-refractivity contribution in [3.8, 4) is 5.69 Å². The van der Waals surface area contributed by atoms with Crippen molar-refractivity contribution in [1.82, 2.24) is 20.0 Å². The molecule has 3 aromatic rings. The number of piperidine rings is 1. The van der Waals surface area contributed by atoms with E-state index in [9.17, 15) is 9.59 Å². The number of hydrogen-bond acceptors (Lipinski definition) is 4. The van der Waals surface area contributed by atoms with Gasteiger partial charge in [-0.2, -0.15) is 5.10 Å². The van der Waals surface area contributed by atoms with Crippen LogP contribution in [-0.4, -0.2) is 45.6 Å². The molecular weight excluding hydrogens is 440 g/mol. The largest absolute Gasteiger partial charge is 0.456 e. The van der Waals surface area contributed by atoms with E-state index >= 15 is 0 Å². The molecule has 7 nitrogen and oxygen atoms in total. The average Bonchev–Trinajstić information content (AvgIpc) is 3.34. The van der Waals surface area contributed by atoms with Crippen molar-refractivity contribution in [3.05, 3.63) is 69.4 Å². The Labute approximate surface area is 198 Å². The van der Waals surface area contributed by atoms with Crippen molar-refractivity contribution in [1.29, 1.82) is 0 Å². The Morgan fingerprint density at radius 3 is 2.48 bits per heavy atom. The zero-order valence-electron chi connectivity index (χ0n) is 19.4. The van der Waals surface area contributed by atoms with Gasteiger partial charge in [0.15, 0.2) is 5.76 Å². The summed E-state index contributed by atoms with van der Waals surface area (Å²) in [7, 11) is 0. The highest BCUT2D eigenvalue weighted by Crippen LogP contribution is 2.24. The van der Waals surface area contributed by atoms with Gasteiger partial charge in [-0.1, -0.05) is 17.7 Å². The van der Waals surface area contributed by atoms with Gasteiger partial charge in [0, 0.05) is 35.4 Å². The van der Waals surface area contributed by atoms with E-state index in [0.29, 0.717) is 36.1 Å². The summed E-state index contributed by atoms with van der Waals surface area (Å²) in [6.07, 6.45) is 1.74. The number of hydrogen-bond donors (Lipinski definition) is 1. The van der Waals surface area contributed by atoms with Crippen LogP contribution in [0, 0.1) is 27.7 Å². The molecule has 0 spiro atoms. The van der Waals surface area contributed by atoms with E-state index in [4.69, 9.17) is 16.0 Å². The fraction of sp³-hybridized carbons (Fsp3) is 0.400. The van der Waals surface area contributed by atoms with Gasteiger partial charge in [-0.05, 0) is 70.4 Å². The third kappa shape index (κ3) is 4.98. The van der Waals surface area contributed by atoms with Crippen LogP contribution >= 0.6 is 11.6 Å². The second-order valence-corrected chi connectivity index (χ2v) is 9.12. The van der Waals surface area contributed by atoms with Gasteiger partial charge in [0.2, 0.25) is 5.91 Å². The van der Waals surface area contributed by atoms with Crippen LogP contribution in [0.3, 0.4) is 0 Å². The van der Waals surface area contributed by atoms with Gasteiger partial charge in [-0.3, -0.25) is 9.59 Å². The number of nitrogens with zero attached hydrogens (tertiary/aromatic N) is 3. The van der Waals surface area contributed by atoms with Gasteiger partial charge in [0.1, 0.15) is 5.76 Å². The molecule has 3 heterocycles. The minimum absolute atomic E-state index is 0.0319. The Morgan fingerprint density at radius 1 is 1.12 bits per heavy atom. The Balaban J connectivity index is 1.37. The Morgan fingerprint density at radius 2 is 1.85 bits per heavy atom. The molecule has 1 aliphatic heterocycles. The number of carbonyl (C=O) groups excluding carboxylic acids is 2. The highest BCUT2D eigenvalue weighted by atomic mass is 35.5. The van der Waals surface area contributed by atoms with E-state index in [1.54, 1.807) is 12.1 Å². The first kappa shape index (κ1) is 23.1. The number of rotatable bonds is 5. The first-order chi connectivity index (χ1) is 15.7. The molecule has 33 heavy (non-hydrogen) atoms. The minimum Gasteiger partial charge on any atom is -0.456 e. The zero-order valence-corrected chi connectivity index (χ0v) is 20.2. The molecular formula is C25H29ClN4O3. The first-order valence-electron chi connectivity index (χ1n) is 11.2. The van der Waals surface area contributed by atoms with E-state index in [2.05, 4.69) is 10.4 Å². The van der Waals surface area contributed by atoms with Crippen molar-refractivity contribution in [2.45, 2.75) is 53.0 Å². The quantitative estimate of drug-likeness (QED) is 0.604. The lowest BCUT2D eigenvalue weighted by Gasteiger charge is -2.32. The standard InChI is InChI=1S/C25H29ClN4O3/c1-15-5-7-20(13-22(15)26)30-18(4)21(17(3)28-30)14-24(31)29-11-9-19(10-12-29)27-25(32)23-8-6-16(2)33-23/h5-8,13,19H,9-12,14H2,1-4H3,(H,27,32). The maximum atomic E-state index is 13.0. The summed E-state index contributed by atoms with van der Waals surface area (Å²) in [6.45, 7) is 8.91. The summed E-state index contributed by atoms with van der Waals surface area (Å²) in [4.78, 5) is 27.2. The van der Waals surface area contributed by atoms with Crippen molar-refractivity contribution in [3.63, 3.8) is 0 Å². The molecule has 0 unspecified atom stereocenters. The topological polar surface area (TPSA) is 80.4 Å². The lowest BCUT2D eigenvalue weighted by Crippen LogP contribution is -2.47.